The van der Waals surface area contributed by atoms with Gasteiger partial charge in [-0.3, -0.25) is 9.52 Å². The van der Waals surface area contributed by atoms with Crippen LogP contribution in [0.2, 0.25) is 5.02 Å². The van der Waals surface area contributed by atoms with Crippen LogP contribution in [0.15, 0.2) is 47.4 Å². The smallest absolute Gasteiger partial charge is 0.263 e. The Bertz CT molecular complexity index is 905. The number of hydrogen-bond acceptors (Lipinski definition) is 3. The van der Waals surface area contributed by atoms with E-state index < -0.39 is 10.0 Å². The number of aryl methyl sites for hydroxylation is 1. The summed E-state index contributed by atoms with van der Waals surface area (Å²) in [4.78, 5) is 12.3. The third kappa shape index (κ3) is 4.37. The van der Waals surface area contributed by atoms with Crippen molar-refractivity contribution >= 4 is 33.2 Å². The number of sulfonamides is 1. The zero-order valence-electron chi connectivity index (χ0n) is 14.5. The molecule has 1 fully saturated rings. The van der Waals surface area contributed by atoms with Gasteiger partial charge in [0.25, 0.3) is 15.9 Å². The summed E-state index contributed by atoms with van der Waals surface area (Å²) in [5, 5.41) is 3.02. The lowest BCUT2D eigenvalue weighted by molar-refractivity contribution is 0.0937. The van der Waals surface area contributed by atoms with Crippen LogP contribution in [0.1, 0.15) is 41.6 Å². The maximum atomic E-state index is 12.7. The number of anilines is 1. The van der Waals surface area contributed by atoms with Crippen LogP contribution in [0, 0.1) is 6.92 Å². The standard InChI is InChI=1S/C19H21ClN2O3S/c1-13-6-9-16(10-7-13)22-26(24,25)18-12-14(8-11-17(18)20)19(23)21-15-4-2-3-5-15/h6-12,15,22H,2-5H2,1H3,(H,21,23). The van der Waals surface area contributed by atoms with E-state index in [1.165, 1.54) is 18.2 Å². The molecule has 0 unspecified atom stereocenters. The Morgan fingerprint density at radius 1 is 1.08 bits per heavy atom. The largest absolute Gasteiger partial charge is 0.349 e. The van der Waals surface area contributed by atoms with Gasteiger partial charge < -0.3 is 5.32 Å². The van der Waals surface area contributed by atoms with Gasteiger partial charge in [0.05, 0.1) is 5.02 Å². The van der Waals surface area contributed by atoms with Gasteiger partial charge in [-0.25, -0.2) is 8.42 Å². The van der Waals surface area contributed by atoms with E-state index in [0.717, 1.165) is 31.2 Å². The molecule has 1 aliphatic rings. The highest BCUT2D eigenvalue weighted by molar-refractivity contribution is 7.92. The molecule has 7 heteroatoms. The number of benzene rings is 2. The summed E-state index contributed by atoms with van der Waals surface area (Å²) in [6, 6.07) is 11.4. The number of rotatable bonds is 5. The maximum absolute atomic E-state index is 12.7. The fourth-order valence-corrected chi connectivity index (χ4v) is 4.61. The van der Waals surface area contributed by atoms with E-state index in [1.54, 1.807) is 12.1 Å². The molecule has 0 aromatic heterocycles. The fourth-order valence-electron chi connectivity index (χ4n) is 3.02. The van der Waals surface area contributed by atoms with Crippen LogP contribution in [-0.4, -0.2) is 20.4 Å². The van der Waals surface area contributed by atoms with Crippen molar-refractivity contribution in [3.05, 3.63) is 58.6 Å². The highest BCUT2D eigenvalue weighted by atomic mass is 35.5. The number of halogens is 1. The minimum absolute atomic E-state index is 0.0713. The van der Waals surface area contributed by atoms with Gasteiger partial charge in [0, 0.05) is 17.3 Å². The number of nitrogens with one attached hydrogen (secondary N) is 2. The number of hydrogen-bond donors (Lipinski definition) is 2. The second-order valence-electron chi connectivity index (χ2n) is 6.57. The molecule has 0 spiro atoms. The van der Waals surface area contributed by atoms with E-state index in [0.29, 0.717) is 5.69 Å². The molecule has 0 atom stereocenters. The van der Waals surface area contributed by atoms with Crippen LogP contribution in [0.25, 0.3) is 0 Å². The zero-order valence-corrected chi connectivity index (χ0v) is 16.0. The molecule has 1 saturated carbocycles. The summed E-state index contributed by atoms with van der Waals surface area (Å²) >= 11 is 6.10. The van der Waals surface area contributed by atoms with Gasteiger partial charge in [0.2, 0.25) is 0 Å². The fraction of sp³-hybridized carbons (Fsp3) is 0.316. The monoisotopic (exact) mass is 392 g/mol. The maximum Gasteiger partial charge on any atom is 0.263 e. The second-order valence-corrected chi connectivity index (χ2v) is 8.63. The van der Waals surface area contributed by atoms with Crippen molar-refractivity contribution in [1.82, 2.24) is 5.32 Å². The Balaban J connectivity index is 1.83. The van der Waals surface area contributed by atoms with Gasteiger partial charge in [-0.05, 0) is 50.1 Å². The first kappa shape index (κ1) is 18.7. The Labute approximate surface area is 158 Å². The quantitative estimate of drug-likeness (QED) is 0.803. The predicted molar refractivity (Wildman–Crippen MR) is 103 cm³/mol. The molecule has 1 aliphatic carbocycles. The van der Waals surface area contributed by atoms with Gasteiger partial charge in [0.1, 0.15) is 4.90 Å². The van der Waals surface area contributed by atoms with E-state index in [9.17, 15) is 13.2 Å². The number of amides is 1. The Morgan fingerprint density at radius 2 is 1.73 bits per heavy atom. The third-order valence-electron chi connectivity index (χ3n) is 4.48. The van der Waals surface area contributed by atoms with Gasteiger partial charge >= 0.3 is 0 Å². The molecular formula is C19H21ClN2O3S. The van der Waals surface area contributed by atoms with E-state index in [4.69, 9.17) is 11.6 Å². The summed E-state index contributed by atoms with van der Waals surface area (Å²) in [5.74, 6) is -0.277. The molecular weight excluding hydrogens is 372 g/mol. The molecule has 0 saturated heterocycles. The lowest BCUT2D eigenvalue weighted by atomic mass is 10.2. The Kier molecular flexibility index (Phi) is 5.53. The molecule has 0 aliphatic heterocycles. The van der Waals surface area contributed by atoms with Gasteiger partial charge in [0.15, 0.2) is 0 Å². The van der Waals surface area contributed by atoms with E-state index >= 15 is 0 Å². The molecule has 5 nitrogen and oxygen atoms in total. The lowest BCUT2D eigenvalue weighted by Crippen LogP contribution is -2.32. The summed E-state index contributed by atoms with van der Waals surface area (Å²) < 4.78 is 27.9. The number of carbonyl (C=O) groups is 1. The molecule has 0 radical (unpaired) electrons. The Hall–Kier alpha value is -2.05. The van der Waals surface area contributed by atoms with Crippen LogP contribution in [0.3, 0.4) is 0 Å². The lowest BCUT2D eigenvalue weighted by Gasteiger charge is -2.14. The highest BCUT2D eigenvalue weighted by Crippen LogP contribution is 2.26. The first-order valence-electron chi connectivity index (χ1n) is 8.55. The SMILES string of the molecule is Cc1ccc(NS(=O)(=O)c2cc(C(=O)NC3CCCC3)ccc2Cl)cc1. The van der Waals surface area contributed by atoms with Crippen LogP contribution in [0.5, 0.6) is 0 Å². The first-order chi connectivity index (χ1) is 12.3. The van der Waals surface area contributed by atoms with Gasteiger partial charge in [-0.1, -0.05) is 42.1 Å². The van der Waals surface area contributed by atoms with E-state index in [-0.39, 0.29) is 27.4 Å². The van der Waals surface area contributed by atoms with Crippen LogP contribution < -0.4 is 10.0 Å². The van der Waals surface area contributed by atoms with Crippen molar-refractivity contribution in [2.45, 2.75) is 43.5 Å². The molecule has 138 valence electrons. The second kappa shape index (κ2) is 7.68. The van der Waals surface area contributed by atoms with E-state index in [1.807, 2.05) is 19.1 Å². The molecule has 1 amide bonds. The first-order valence-corrected chi connectivity index (χ1v) is 10.4. The minimum Gasteiger partial charge on any atom is -0.349 e. The number of carbonyl (C=O) groups excluding carboxylic acids is 1. The van der Waals surface area contributed by atoms with Gasteiger partial charge in [-0.2, -0.15) is 0 Å². The van der Waals surface area contributed by atoms with Crippen molar-refractivity contribution in [3.63, 3.8) is 0 Å². The van der Waals surface area contributed by atoms with Gasteiger partial charge in [-0.15, -0.1) is 0 Å². The summed E-state index contributed by atoms with van der Waals surface area (Å²) in [7, 11) is -3.90. The molecule has 2 aromatic carbocycles. The molecule has 26 heavy (non-hydrogen) atoms. The summed E-state index contributed by atoms with van der Waals surface area (Å²) in [6.07, 6.45) is 4.12. The highest BCUT2D eigenvalue weighted by Gasteiger charge is 2.22. The molecule has 3 rings (SSSR count). The van der Waals surface area contributed by atoms with Crippen molar-refractivity contribution in [3.8, 4) is 0 Å². The van der Waals surface area contributed by atoms with Crippen molar-refractivity contribution in [1.29, 1.82) is 0 Å². The van der Waals surface area contributed by atoms with Crippen LogP contribution in [-0.2, 0) is 10.0 Å². The van der Waals surface area contributed by atoms with Crippen molar-refractivity contribution in [2.75, 3.05) is 4.72 Å². The predicted octanol–water partition coefficient (Wildman–Crippen LogP) is 4.12. The molecule has 0 bridgehead atoms. The third-order valence-corrected chi connectivity index (χ3v) is 6.34. The average Bonchev–Trinajstić information content (AvgIpc) is 3.10. The average molecular weight is 393 g/mol. The van der Waals surface area contributed by atoms with Crippen molar-refractivity contribution in [2.24, 2.45) is 0 Å². The normalized spacial score (nSPS) is 15.0. The Morgan fingerprint density at radius 3 is 2.38 bits per heavy atom. The molecule has 2 N–H and O–H groups in total. The molecule has 2 aromatic rings. The summed E-state index contributed by atoms with van der Waals surface area (Å²) in [6.45, 7) is 1.92. The van der Waals surface area contributed by atoms with Crippen LogP contribution >= 0.6 is 11.6 Å². The summed E-state index contributed by atoms with van der Waals surface area (Å²) in [5.41, 5.74) is 1.75. The van der Waals surface area contributed by atoms with E-state index in [2.05, 4.69) is 10.0 Å². The van der Waals surface area contributed by atoms with Crippen LogP contribution in [0.4, 0.5) is 5.69 Å². The molecule has 0 heterocycles. The van der Waals surface area contributed by atoms with Crippen molar-refractivity contribution < 1.29 is 13.2 Å². The topological polar surface area (TPSA) is 75.3 Å². The zero-order chi connectivity index (χ0) is 18.7. The minimum atomic E-state index is -3.90.